The predicted molar refractivity (Wildman–Crippen MR) is 364 cm³/mol. The Bertz CT molecular complexity index is 1570. The van der Waals surface area contributed by atoms with Gasteiger partial charge in [-0.05, 0) is 64.2 Å². The minimum absolute atomic E-state index is 0.136. The highest BCUT2D eigenvalue weighted by atomic mass is 16.7. The van der Waals surface area contributed by atoms with E-state index >= 15 is 0 Å². The third kappa shape index (κ3) is 53.2. The molecule has 1 aliphatic rings. The molecule has 6 N–H and O–H groups in total. The first-order chi connectivity index (χ1) is 41.8. The molecule has 9 heteroatoms. The Morgan fingerprint density at radius 3 is 1.08 bits per heavy atom. The van der Waals surface area contributed by atoms with Gasteiger partial charge in [0, 0.05) is 6.42 Å². The van der Waals surface area contributed by atoms with Crippen LogP contribution >= 0.6 is 0 Å². The zero-order valence-electron chi connectivity index (χ0n) is 55.6. The van der Waals surface area contributed by atoms with Crippen LogP contribution in [0.5, 0.6) is 0 Å². The zero-order valence-corrected chi connectivity index (χ0v) is 55.6. The molecule has 0 aromatic rings. The van der Waals surface area contributed by atoms with E-state index in [1.165, 1.54) is 244 Å². The van der Waals surface area contributed by atoms with E-state index in [0.717, 1.165) is 77.0 Å². The highest BCUT2D eigenvalue weighted by molar-refractivity contribution is 5.76. The van der Waals surface area contributed by atoms with Crippen LogP contribution in [0.3, 0.4) is 0 Å². The number of aliphatic hydroxyl groups is 5. The van der Waals surface area contributed by atoms with Gasteiger partial charge in [0.25, 0.3) is 0 Å². The maximum Gasteiger partial charge on any atom is 0.220 e. The van der Waals surface area contributed by atoms with E-state index in [0.29, 0.717) is 12.8 Å². The van der Waals surface area contributed by atoms with Crippen LogP contribution in [0.1, 0.15) is 348 Å². The molecule has 496 valence electrons. The number of aliphatic hydroxyl groups excluding tert-OH is 5. The number of hydrogen-bond donors (Lipinski definition) is 6. The highest BCUT2D eigenvalue weighted by Gasteiger charge is 2.44. The maximum absolute atomic E-state index is 13.2. The summed E-state index contributed by atoms with van der Waals surface area (Å²) >= 11 is 0. The zero-order chi connectivity index (χ0) is 61.4. The number of rotatable bonds is 64. The summed E-state index contributed by atoms with van der Waals surface area (Å²) in [7, 11) is 0. The molecule has 9 nitrogen and oxygen atoms in total. The Balaban J connectivity index is 2.08. The molecule has 0 radical (unpaired) electrons. The van der Waals surface area contributed by atoms with Crippen molar-refractivity contribution < 1.29 is 39.8 Å². The quantitative estimate of drug-likeness (QED) is 0.0261. The molecule has 0 spiro atoms. The molecule has 1 heterocycles. The number of nitrogens with one attached hydrogen (secondary N) is 1. The van der Waals surface area contributed by atoms with Gasteiger partial charge in [0.2, 0.25) is 5.91 Å². The molecular weight excluding hydrogens is 1050 g/mol. The molecule has 1 aliphatic heterocycles. The number of carbonyl (C=O) groups is 1. The second-order valence-electron chi connectivity index (χ2n) is 25.4. The molecule has 0 aliphatic carbocycles. The first-order valence-corrected chi connectivity index (χ1v) is 36.6. The molecule has 1 amide bonds. The van der Waals surface area contributed by atoms with Crippen molar-refractivity contribution >= 4 is 5.91 Å². The molecule has 0 saturated carbocycles. The topological polar surface area (TPSA) is 149 Å². The smallest absolute Gasteiger partial charge is 0.220 e. The van der Waals surface area contributed by atoms with Gasteiger partial charge in [-0.15, -0.1) is 0 Å². The normalized spacial score (nSPS) is 18.5. The highest BCUT2D eigenvalue weighted by Crippen LogP contribution is 2.24. The molecule has 1 saturated heterocycles. The second kappa shape index (κ2) is 64.6. The van der Waals surface area contributed by atoms with Crippen LogP contribution in [0.4, 0.5) is 0 Å². The van der Waals surface area contributed by atoms with Crippen LogP contribution in [0.25, 0.3) is 0 Å². The second-order valence-corrected chi connectivity index (χ2v) is 25.4. The Morgan fingerprint density at radius 1 is 0.412 bits per heavy atom. The van der Waals surface area contributed by atoms with Crippen molar-refractivity contribution in [3.63, 3.8) is 0 Å². The summed E-state index contributed by atoms with van der Waals surface area (Å²) in [5, 5.41) is 55.0. The number of amides is 1. The Hall–Kier alpha value is -2.37. The monoisotopic (exact) mass is 1190 g/mol. The van der Waals surface area contributed by atoms with E-state index in [-0.39, 0.29) is 12.5 Å². The van der Waals surface area contributed by atoms with Gasteiger partial charge in [-0.2, -0.15) is 0 Å². The number of unbranched alkanes of at least 4 members (excludes halogenated alkanes) is 42. The third-order valence-corrected chi connectivity index (χ3v) is 17.3. The van der Waals surface area contributed by atoms with Crippen molar-refractivity contribution in [1.82, 2.24) is 5.32 Å². The Morgan fingerprint density at radius 2 is 0.729 bits per heavy atom. The third-order valence-electron chi connectivity index (χ3n) is 17.3. The van der Waals surface area contributed by atoms with Gasteiger partial charge in [0.1, 0.15) is 24.4 Å². The van der Waals surface area contributed by atoms with Gasteiger partial charge in [0.15, 0.2) is 6.29 Å². The van der Waals surface area contributed by atoms with E-state index in [2.05, 4.69) is 92.1 Å². The van der Waals surface area contributed by atoms with Crippen molar-refractivity contribution in [1.29, 1.82) is 0 Å². The lowest BCUT2D eigenvalue weighted by Gasteiger charge is -2.40. The Kier molecular flexibility index (Phi) is 61.3. The van der Waals surface area contributed by atoms with Crippen LogP contribution in [0, 0.1) is 0 Å². The lowest BCUT2D eigenvalue weighted by molar-refractivity contribution is -0.302. The van der Waals surface area contributed by atoms with Gasteiger partial charge < -0.3 is 40.3 Å². The van der Waals surface area contributed by atoms with Crippen molar-refractivity contribution in [2.75, 3.05) is 13.2 Å². The molecule has 0 bridgehead atoms. The summed E-state index contributed by atoms with van der Waals surface area (Å²) in [5.41, 5.74) is 0. The summed E-state index contributed by atoms with van der Waals surface area (Å²) in [6, 6.07) is -0.722. The van der Waals surface area contributed by atoms with Crippen LogP contribution in [-0.2, 0) is 14.3 Å². The molecule has 1 fully saturated rings. The number of carbonyl (C=O) groups excluding carboxylic acids is 1. The molecule has 7 unspecified atom stereocenters. The summed E-state index contributed by atoms with van der Waals surface area (Å²) in [5.74, 6) is -0.139. The fourth-order valence-corrected chi connectivity index (χ4v) is 11.6. The van der Waals surface area contributed by atoms with Crippen LogP contribution in [-0.4, -0.2) is 87.5 Å². The fourth-order valence-electron chi connectivity index (χ4n) is 11.6. The SMILES string of the molecule is CC/C=C\C/C=C\C/C=C\C/C=C\C/C=C\C/C=C\CCCCCCCCCCCCCCCCCCCCC(=O)NC(COC1OC(CO)C(O)C(O)C1O)C(O)CCCCCCCCCCCCCCCCCCCCCCCCCCC. The lowest BCUT2D eigenvalue weighted by Crippen LogP contribution is -2.60. The first-order valence-electron chi connectivity index (χ1n) is 36.6. The van der Waals surface area contributed by atoms with Crippen molar-refractivity contribution in [2.24, 2.45) is 0 Å². The van der Waals surface area contributed by atoms with Crippen LogP contribution in [0.15, 0.2) is 72.9 Å². The van der Waals surface area contributed by atoms with Gasteiger partial charge >= 0.3 is 0 Å². The van der Waals surface area contributed by atoms with E-state index in [1.54, 1.807) is 0 Å². The number of ether oxygens (including phenoxy) is 2. The minimum Gasteiger partial charge on any atom is -0.394 e. The van der Waals surface area contributed by atoms with E-state index in [4.69, 9.17) is 9.47 Å². The molecule has 1 rings (SSSR count). The predicted octanol–water partition coefficient (Wildman–Crippen LogP) is 20.3. The van der Waals surface area contributed by atoms with E-state index in [9.17, 15) is 30.3 Å². The molecule has 0 aromatic carbocycles. The van der Waals surface area contributed by atoms with Crippen molar-refractivity contribution in [2.45, 2.75) is 391 Å². The summed E-state index contributed by atoms with van der Waals surface area (Å²) < 4.78 is 11.4. The number of hydrogen-bond acceptors (Lipinski definition) is 8. The standard InChI is InChI=1S/C76H139NO8/c1-3-5-7-9-11-13-15-17-19-21-23-25-27-29-30-31-32-33-34-35-36-37-38-39-40-42-44-46-48-50-52-54-56-58-60-62-64-66-72(80)77-69(68-84-76-75(83)74(82)73(81)71(67-78)85-76)70(79)65-63-61-59-57-55-53-51-49-47-45-43-41-28-26-24-22-20-18-16-14-12-10-8-6-4-2/h5,7,11,13,17,19,23,25,29-30,32-33,69-71,73-76,78-79,81-83H,3-4,6,8-10,12,14-16,18,20-22,24,26-28,31,34-68H2,1-2H3,(H,77,80)/b7-5-,13-11-,19-17-,25-23-,30-29-,33-32-. The van der Waals surface area contributed by atoms with Crippen molar-refractivity contribution in [3.8, 4) is 0 Å². The molecule has 0 aromatic heterocycles. The van der Waals surface area contributed by atoms with Gasteiger partial charge in [-0.3, -0.25) is 4.79 Å². The van der Waals surface area contributed by atoms with Gasteiger partial charge in [-0.1, -0.05) is 350 Å². The molecule has 85 heavy (non-hydrogen) atoms. The first kappa shape index (κ1) is 80.6. The average Bonchev–Trinajstić information content (AvgIpc) is 3.57. The summed E-state index contributed by atoms with van der Waals surface area (Å²) in [6.07, 6.45) is 84.0. The molecule has 7 atom stereocenters. The van der Waals surface area contributed by atoms with Crippen LogP contribution < -0.4 is 5.32 Å². The minimum atomic E-state index is -1.56. The summed E-state index contributed by atoms with van der Waals surface area (Å²) in [4.78, 5) is 13.2. The van der Waals surface area contributed by atoms with Gasteiger partial charge in [0.05, 0.1) is 25.4 Å². The fraction of sp³-hybridized carbons (Fsp3) is 0.829. The molecular formula is C76H139NO8. The van der Waals surface area contributed by atoms with E-state index in [1.807, 2.05) is 0 Å². The van der Waals surface area contributed by atoms with Crippen LogP contribution in [0.2, 0.25) is 0 Å². The number of allylic oxidation sites excluding steroid dienone is 12. The van der Waals surface area contributed by atoms with E-state index < -0.39 is 49.5 Å². The van der Waals surface area contributed by atoms with Gasteiger partial charge in [-0.25, -0.2) is 0 Å². The van der Waals surface area contributed by atoms with Crippen molar-refractivity contribution in [3.05, 3.63) is 72.9 Å². The lowest BCUT2D eigenvalue weighted by atomic mass is 9.99. The summed E-state index contributed by atoms with van der Waals surface area (Å²) in [6.45, 7) is 3.77. The average molecular weight is 1190 g/mol. The largest absolute Gasteiger partial charge is 0.394 e. The maximum atomic E-state index is 13.2. The Labute approximate surface area is 525 Å².